The predicted molar refractivity (Wildman–Crippen MR) is 86.9 cm³/mol. The van der Waals surface area contributed by atoms with Crippen LogP contribution in [0.5, 0.6) is 0 Å². The lowest BCUT2D eigenvalue weighted by Gasteiger charge is -2.65. The zero-order valence-corrected chi connectivity index (χ0v) is 14.1. The molecule has 0 aromatic carbocycles. The molecule has 1 N–H and O–H groups in total. The maximum Gasteiger partial charge on any atom is 0.0543 e. The molecule has 0 heterocycles. The van der Waals surface area contributed by atoms with Crippen LogP contribution in [0.3, 0.4) is 0 Å². The first-order valence-corrected chi connectivity index (χ1v) is 9.24. The number of aliphatic hydroxyl groups is 1. The maximum absolute atomic E-state index is 10.1. The molecule has 0 spiro atoms. The van der Waals surface area contributed by atoms with Crippen molar-refractivity contribution in [3.05, 3.63) is 12.2 Å². The van der Waals surface area contributed by atoms with Gasteiger partial charge in [0.1, 0.15) is 0 Å². The first-order valence-electron chi connectivity index (χ1n) is 9.24. The van der Waals surface area contributed by atoms with E-state index < -0.39 is 0 Å². The number of hydrogen-bond acceptors (Lipinski definition) is 1. The fourth-order valence-electron chi connectivity index (χ4n) is 7.39. The van der Waals surface area contributed by atoms with Crippen molar-refractivity contribution in [1.82, 2.24) is 0 Å². The van der Waals surface area contributed by atoms with Crippen molar-refractivity contribution in [3.63, 3.8) is 0 Å². The Morgan fingerprint density at radius 2 is 1.67 bits per heavy atom. The van der Waals surface area contributed by atoms with Crippen molar-refractivity contribution < 1.29 is 5.11 Å². The van der Waals surface area contributed by atoms with E-state index in [1.54, 1.807) is 0 Å². The molecule has 0 aromatic heterocycles. The van der Waals surface area contributed by atoms with Crippen LogP contribution in [0.15, 0.2) is 12.2 Å². The van der Waals surface area contributed by atoms with E-state index in [-0.39, 0.29) is 6.10 Å². The highest BCUT2D eigenvalue weighted by Gasteiger charge is 2.62. The summed E-state index contributed by atoms with van der Waals surface area (Å²) in [6, 6.07) is 0. The maximum atomic E-state index is 10.1. The third-order valence-corrected chi connectivity index (χ3v) is 8.56. The van der Waals surface area contributed by atoms with Crippen molar-refractivity contribution in [2.45, 2.75) is 78.2 Å². The third-order valence-electron chi connectivity index (χ3n) is 8.56. The summed E-state index contributed by atoms with van der Waals surface area (Å²) >= 11 is 0. The number of aliphatic hydroxyl groups excluding tert-OH is 1. The lowest BCUT2D eigenvalue weighted by atomic mass is 9.40. The van der Waals surface area contributed by atoms with E-state index in [0.717, 1.165) is 30.6 Å². The van der Waals surface area contributed by atoms with Crippen LogP contribution >= 0.6 is 0 Å². The topological polar surface area (TPSA) is 20.2 Å². The highest BCUT2D eigenvalue weighted by molar-refractivity contribution is 5.19. The van der Waals surface area contributed by atoms with Crippen LogP contribution in [-0.2, 0) is 0 Å². The van der Waals surface area contributed by atoms with Gasteiger partial charge in [-0.15, -0.1) is 0 Å². The lowest BCUT2D eigenvalue weighted by molar-refractivity contribution is -0.164. The van der Waals surface area contributed by atoms with Crippen molar-refractivity contribution in [2.24, 2.45) is 34.0 Å². The summed E-state index contributed by atoms with van der Waals surface area (Å²) in [5, 5.41) is 10.1. The molecular formula is C20H32O. The Morgan fingerprint density at radius 1 is 0.905 bits per heavy atom. The summed E-state index contributed by atoms with van der Waals surface area (Å²) in [5.74, 6) is 2.53. The highest BCUT2D eigenvalue weighted by atomic mass is 16.3. The first-order chi connectivity index (χ1) is 9.88. The largest absolute Gasteiger partial charge is 0.393 e. The van der Waals surface area contributed by atoms with Gasteiger partial charge in [-0.05, 0) is 85.4 Å². The molecule has 4 aliphatic carbocycles. The van der Waals surface area contributed by atoms with Gasteiger partial charge in [0.25, 0.3) is 0 Å². The van der Waals surface area contributed by atoms with Gasteiger partial charge >= 0.3 is 0 Å². The van der Waals surface area contributed by atoms with Gasteiger partial charge in [0.2, 0.25) is 0 Å². The quantitative estimate of drug-likeness (QED) is 0.626. The van der Waals surface area contributed by atoms with Crippen LogP contribution in [0.1, 0.15) is 72.1 Å². The second-order valence-electron chi connectivity index (χ2n) is 9.46. The van der Waals surface area contributed by atoms with Crippen LogP contribution < -0.4 is 0 Å². The lowest BCUT2D eigenvalue weighted by Crippen LogP contribution is -2.58. The molecule has 0 aromatic rings. The average Bonchev–Trinajstić information content (AvgIpc) is 2.83. The zero-order valence-electron chi connectivity index (χ0n) is 14.1. The Kier molecular flexibility index (Phi) is 2.98. The van der Waals surface area contributed by atoms with E-state index >= 15 is 0 Å². The Labute approximate surface area is 130 Å². The Hall–Kier alpha value is -0.300. The normalized spacial score (nSPS) is 59.2. The molecule has 4 aliphatic rings. The standard InChI is InChI=1S/C20H32O/c1-18-9-4-5-16(18)20(3)11-6-14-13-15(21)7-12-19(14,2)17(20)8-10-18/h4,9,14-17,21H,5-8,10-13H2,1-3H3/t14-,15+,16+,17+,18-,19-,20-/m0/s1. The van der Waals surface area contributed by atoms with E-state index in [1.807, 2.05) is 0 Å². The minimum absolute atomic E-state index is 0.0190. The smallest absolute Gasteiger partial charge is 0.0543 e. The molecule has 1 heteroatoms. The molecule has 118 valence electrons. The van der Waals surface area contributed by atoms with Crippen LogP contribution in [0.25, 0.3) is 0 Å². The van der Waals surface area contributed by atoms with Gasteiger partial charge < -0.3 is 5.11 Å². The minimum atomic E-state index is -0.0190. The fourth-order valence-corrected chi connectivity index (χ4v) is 7.39. The van der Waals surface area contributed by atoms with Gasteiger partial charge in [-0.3, -0.25) is 0 Å². The Morgan fingerprint density at radius 3 is 2.48 bits per heavy atom. The molecule has 1 nitrogen and oxygen atoms in total. The summed E-state index contributed by atoms with van der Waals surface area (Å²) in [6.07, 6.45) is 15.2. The molecular weight excluding hydrogens is 256 g/mol. The molecule has 0 unspecified atom stereocenters. The van der Waals surface area contributed by atoms with E-state index in [9.17, 15) is 5.11 Å². The predicted octanol–water partition coefficient (Wildman–Crippen LogP) is 4.95. The fraction of sp³-hybridized carbons (Fsp3) is 0.900. The monoisotopic (exact) mass is 288 g/mol. The summed E-state index contributed by atoms with van der Waals surface area (Å²) in [6.45, 7) is 7.72. The molecule has 4 rings (SSSR count). The molecule has 0 aliphatic heterocycles. The summed E-state index contributed by atoms with van der Waals surface area (Å²) in [5.41, 5.74) is 1.50. The zero-order chi connectivity index (χ0) is 14.9. The summed E-state index contributed by atoms with van der Waals surface area (Å²) in [4.78, 5) is 0. The van der Waals surface area contributed by atoms with Gasteiger partial charge in [0.15, 0.2) is 0 Å². The van der Waals surface area contributed by atoms with E-state index in [1.165, 1.54) is 38.5 Å². The van der Waals surface area contributed by atoms with Crippen LogP contribution in [-0.4, -0.2) is 11.2 Å². The molecule has 7 atom stereocenters. The number of hydrogen-bond donors (Lipinski definition) is 1. The van der Waals surface area contributed by atoms with Gasteiger partial charge in [0.05, 0.1) is 6.10 Å². The van der Waals surface area contributed by atoms with Crippen molar-refractivity contribution >= 4 is 0 Å². The second-order valence-corrected chi connectivity index (χ2v) is 9.46. The molecule has 21 heavy (non-hydrogen) atoms. The first kappa shape index (κ1) is 14.3. The third kappa shape index (κ3) is 1.79. The summed E-state index contributed by atoms with van der Waals surface area (Å²) < 4.78 is 0. The van der Waals surface area contributed by atoms with Gasteiger partial charge in [-0.1, -0.05) is 32.9 Å². The van der Waals surface area contributed by atoms with Crippen molar-refractivity contribution in [2.75, 3.05) is 0 Å². The SMILES string of the molecule is C[C@]12CC[C@@H](O)C[C@@H]1CC[C@]1(C)[C@@H]2CC[C@]2(C)C=CC[C@@H]12. The van der Waals surface area contributed by atoms with E-state index in [2.05, 4.69) is 32.9 Å². The van der Waals surface area contributed by atoms with Gasteiger partial charge in [-0.2, -0.15) is 0 Å². The number of fused-ring (bicyclic) bond motifs is 5. The molecule has 0 saturated heterocycles. The van der Waals surface area contributed by atoms with Crippen molar-refractivity contribution in [1.29, 1.82) is 0 Å². The number of allylic oxidation sites excluding steroid dienone is 2. The summed E-state index contributed by atoms with van der Waals surface area (Å²) in [7, 11) is 0. The average molecular weight is 288 g/mol. The van der Waals surface area contributed by atoms with E-state index in [0.29, 0.717) is 16.2 Å². The molecule has 3 saturated carbocycles. The van der Waals surface area contributed by atoms with Crippen LogP contribution in [0.4, 0.5) is 0 Å². The highest BCUT2D eigenvalue weighted by Crippen LogP contribution is 2.70. The molecule has 0 bridgehead atoms. The number of rotatable bonds is 0. The van der Waals surface area contributed by atoms with Crippen LogP contribution in [0.2, 0.25) is 0 Å². The van der Waals surface area contributed by atoms with Gasteiger partial charge in [0, 0.05) is 0 Å². The van der Waals surface area contributed by atoms with Crippen LogP contribution in [0, 0.1) is 34.0 Å². The molecule has 3 fully saturated rings. The minimum Gasteiger partial charge on any atom is -0.393 e. The second kappa shape index (κ2) is 4.37. The molecule has 0 amide bonds. The Balaban J connectivity index is 1.69. The van der Waals surface area contributed by atoms with E-state index in [4.69, 9.17) is 0 Å². The Bertz CT molecular complexity index is 468. The van der Waals surface area contributed by atoms with Crippen molar-refractivity contribution in [3.8, 4) is 0 Å². The van der Waals surface area contributed by atoms with Gasteiger partial charge in [-0.25, -0.2) is 0 Å². The molecule has 0 radical (unpaired) electrons.